The molecule has 0 fully saturated rings. The number of carbonyl (C=O) groups excluding carboxylic acids is 1. The summed E-state index contributed by atoms with van der Waals surface area (Å²) in [5.74, 6) is -1.13. The van der Waals surface area contributed by atoms with Crippen LogP contribution in [0.4, 0.5) is 26.3 Å². The molecule has 4 nitrogen and oxygen atoms in total. The topological polar surface area (TPSA) is 52.9 Å². The molecule has 0 saturated carbocycles. The lowest BCUT2D eigenvalue weighted by molar-refractivity contribution is -0.302. The minimum Gasteiger partial charge on any atom is -0.362 e. The monoisotopic (exact) mass is 444 g/mol. The number of aliphatic hydroxyl groups is 1. The lowest BCUT2D eigenvalue weighted by Crippen LogP contribution is -2.56. The van der Waals surface area contributed by atoms with E-state index in [0.717, 1.165) is 17.7 Å². The Balaban J connectivity index is 1.87. The van der Waals surface area contributed by atoms with E-state index in [9.17, 15) is 36.2 Å². The predicted octanol–water partition coefficient (Wildman–Crippen LogP) is 4.92. The Bertz CT molecular complexity index is 972. The first-order chi connectivity index (χ1) is 14.4. The summed E-state index contributed by atoms with van der Waals surface area (Å²) in [5, 5.41) is 13.7. The molecule has 1 unspecified atom stereocenters. The van der Waals surface area contributed by atoms with E-state index < -0.39 is 47.2 Å². The molecule has 3 rings (SSSR count). The number of hydrogen-bond donors (Lipinski definition) is 1. The van der Waals surface area contributed by atoms with Crippen molar-refractivity contribution in [2.24, 2.45) is 5.10 Å². The van der Waals surface area contributed by atoms with Crippen LogP contribution in [-0.2, 0) is 17.4 Å². The third-order valence-corrected chi connectivity index (χ3v) is 4.92. The fourth-order valence-corrected chi connectivity index (χ4v) is 3.35. The van der Waals surface area contributed by atoms with Crippen LogP contribution in [0.5, 0.6) is 0 Å². The maximum absolute atomic E-state index is 13.6. The molecule has 10 heteroatoms. The van der Waals surface area contributed by atoms with E-state index >= 15 is 0 Å². The van der Waals surface area contributed by atoms with Gasteiger partial charge in [-0.2, -0.15) is 36.5 Å². The molecule has 166 valence electrons. The molecule has 1 aliphatic heterocycles. The smallest absolute Gasteiger partial charge is 0.362 e. The summed E-state index contributed by atoms with van der Waals surface area (Å²) < 4.78 is 80.8. The highest BCUT2D eigenvalue weighted by Crippen LogP contribution is 2.43. The number of alkyl halides is 6. The summed E-state index contributed by atoms with van der Waals surface area (Å²) in [5.41, 5.74) is -5.32. The van der Waals surface area contributed by atoms with Crippen LogP contribution in [0.2, 0.25) is 0 Å². The number of rotatable bonds is 5. The molecule has 2 aromatic carbocycles. The highest BCUT2D eigenvalue weighted by molar-refractivity contribution is 6.04. The Morgan fingerprint density at radius 1 is 1.00 bits per heavy atom. The standard InChI is InChI=1S/C21H18F6N2O2/c22-20(23,24)16-11-5-4-10-15(16)17-13-19(31,21(25,26)27)29(28-17)18(30)12-6-9-14-7-2-1-3-8-14/h1-5,7-8,10-11,31H,6,9,12-13H2. The maximum Gasteiger partial charge on any atom is 0.438 e. The zero-order valence-corrected chi connectivity index (χ0v) is 16.0. The van der Waals surface area contributed by atoms with Gasteiger partial charge in [-0.1, -0.05) is 48.5 Å². The van der Waals surface area contributed by atoms with Crippen LogP contribution in [0.3, 0.4) is 0 Å². The Kier molecular flexibility index (Phi) is 6.13. The number of amides is 1. The lowest BCUT2D eigenvalue weighted by Gasteiger charge is -2.32. The van der Waals surface area contributed by atoms with Crippen molar-refractivity contribution < 1.29 is 36.2 Å². The van der Waals surface area contributed by atoms with Gasteiger partial charge in [0.1, 0.15) is 0 Å². The SMILES string of the molecule is O=C(CCCc1ccccc1)N1N=C(c2ccccc2C(F)(F)F)CC1(O)C(F)(F)F. The number of aryl methyl sites for hydroxylation is 1. The normalized spacial score (nSPS) is 19.5. The summed E-state index contributed by atoms with van der Waals surface area (Å²) in [6.45, 7) is 0. The van der Waals surface area contributed by atoms with Crippen LogP contribution in [0.1, 0.15) is 36.0 Å². The average Bonchev–Trinajstić information content (AvgIpc) is 3.07. The second-order valence-corrected chi connectivity index (χ2v) is 7.13. The van der Waals surface area contributed by atoms with E-state index in [1.54, 1.807) is 30.3 Å². The van der Waals surface area contributed by atoms with Gasteiger partial charge in [0.05, 0.1) is 17.7 Å². The first-order valence-electron chi connectivity index (χ1n) is 9.33. The second kappa shape index (κ2) is 8.33. The zero-order chi connectivity index (χ0) is 22.9. The van der Waals surface area contributed by atoms with Crippen molar-refractivity contribution in [2.75, 3.05) is 0 Å². The molecule has 0 saturated heterocycles. The Morgan fingerprint density at radius 2 is 1.61 bits per heavy atom. The van der Waals surface area contributed by atoms with E-state index in [-0.39, 0.29) is 17.9 Å². The average molecular weight is 444 g/mol. The van der Waals surface area contributed by atoms with E-state index in [0.29, 0.717) is 12.5 Å². The van der Waals surface area contributed by atoms with E-state index in [2.05, 4.69) is 5.10 Å². The molecule has 31 heavy (non-hydrogen) atoms. The van der Waals surface area contributed by atoms with E-state index in [4.69, 9.17) is 0 Å². The lowest BCUT2D eigenvalue weighted by atomic mass is 9.96. The van der Waals surface area contributed by atoms with Crippen molar-refractivity contribution in [1.82, 2.24) is 5.01 Å². The Labute approximate surface area is 173 Å². The third kappa shape index (κ3) is 4.73. The molecule has 1 atom stereocenters. The van der Waals surface area contributed by atoms with Crippen molar-refractivity contribution in [3.05, 3.63) is 71.3 Å². The highest BCUT2D eigenvalue weighted by atomic mass is 19.4. The molecule has 1 amide bonds. The van der Waals surface area contributed by atoms with Crippen molar-refractivity contribution in [1.29, 1.82) is 0 Å². The third-order valence-electron chi connectivity index (χ3n) is 4.92. The van der Waals surface area contributed by atoms with Gasteiger partial charge >= 0.3 is 12.4 Å². The van der Waals surface area contributed by atoms with Gasteiger partial charge in [-0.15, -0.1) is 0 Å². The number of halogens is 6. The molecule has 0 aromatic heterocycles. The molecule has 0 radical (unpaired) electrons. The molecule has 2 aromatic rings. The molecule has 1 aliphatic rings. The minimum atomic E-state index is -5.32. The minimum absolute atomic E-state index is 0.125. The van der Waals surface area contributed by atoms with E-state index in [1.165, 1.54) is 6.07 Å². The highest BCUT2D eigenvalue weighted by Gasteiger charge is 2.63. The molecule has 1 N–H and O–H groups in total. The van der Waals surface area contributed by atoms with Crippen molar-refractivity contribution >= 4 is 11.6 Å². The summed E-state index contributed by atoms with van der Waals surface area (Å²) in [7, 11) is 0. The van der Waals surface area contributed by atoms with Crippen LogP contribution >= 0.6 is 0 Å². The zero-order valence-electron chi connectivity index (χ0n) is 16.0. The van der Waals surface area contributed by atoms with Gasteiger partial charge in [-0.05, 0) is 24.5 Å². The quantitative estimate of drug-likeness (QED) is 0.666. The van der Waals surface area contributed by atoms with E-state index in [1.807, 2.05) is 0 Å². The van der Waals surface area contributed by atoms with Gasteiger partial charge in [0.25, 0.3) is 5.72 Å². The molecular weight excluding hydrogens is 426 g/mol. The number of benzene rings is 2. The van der Waals surface area contributed by atoms with Gasteiger partial charge in [0.15, 0.2) is 0 Å². The first-order valence-corrected chi connectivity index (χ1v) is 9.33. The van der Waals surface area contributed by atoms with Gasteiger partial charge in [-0.3, -0.25) is 4.79 Å². The van der Waals surface area contributed by atoms with Crippen molar-refractivity contribution in [3.8, 4) is 0 Å². The molecule has 0 aliphatic carbocycles. The largest absolute Gasteiger partial charge is 0.438 e. The van der Waals surface area contributed by atoms with Crippen molar-refractivity contribution in [3.63, 3.8) is 0 Å². The summed E-state index contributed by atoms with van der Waals surface area (Å²) in [6.07, 6.45) is -11.3. The summed E-state index contributed by atoms with van der Waals surface area (Å²) in [4.78, 5) is 12.5. The number of carbonyl (C=O) groups is 1. The Hall–Kier alpha value is -2.88. The van der Waals surface area contributed by atoms with Crippen LogP contribution in [0.15, 0.2) is 59.7 Å². The summed E-state index contributed by atoms with van der Waals surface area (Å²) in [6, 6.07) is 12.9. The van der Waals surface area contributed by atoms with Gasteiger partial charge < -0.3 is 5.11 Å². The van der Waals surface area contributed by atoms with Crippen LogP contribution in [0, 0.1) is 0 Å². The molecular formula is C21H18F6N2O2. The Morgan fingerprint density at radius 3 is 2.23 bits per heavy atom. The molecule has 0 spiro atoms. The van der Waals surface area contributed by atoms with Gasteiger partial charge in [-0.25, -0.2) is 0 Å². The van der Waals surface area contributed by atoms with Crippen LogP contribution in [-0.4, -0.2) is 33.6 Å². The maximum atomic E-state index is 13.6. The number of hydrogen-bond acceptors (Lipinski definition) is 3. The summed E-state index contributed by atoms with van der Waals surface area (Å²) >= 11 is 0. The number of nitrogens with zero attached hydrogens (tertiary/aromatic N) is 2. The predicted molar refractivity (Wildman–Crippen MR) is 99.8 cm³/mol. The van der Waals surface area contributed by atoms with Gasteiger partial charge in [0.2, 0.25) is 5.91 Å². The molecule has 1 heterocycles. The number of hydrazone groups is 1. The first kappa shape index (κ1) is 22.8. The fourth-order valence-electron chi connectivity index (χ4n) is 3.35. The van der Waals surface area contributed by atoms with Crippen molar-refractivity contribution in [2.45, 2.75) is 43.8 Å². The van der Waals surface area contributed by atoms with Gasteiger partial charge in [0, 0.05) is 12.0 Å². The van der Waals surface area contributed by atoms with Crippen LogP contribution in [0.25, 0.3) is 0 Å². The molecule has 0 bridgehead atoms. The second-order valence-electron chi connectivity index (χ2n) is 7.13. The van der Waals surface area contributed by atoms with Crippen LogP contribution < -0.4 is 0 Å². The fraction of sp³-hybridized carbons (Fsp3) is 0.333.